The van der Waals surface area contributed by atoms with Crippen LogP contribution in [0.1, 0.15) is 27.4 Å². The maximum Gasteiger partial charge on any atom is 0.259 e. The lowest BCUT2D eigenvalue weighted by molar-refractivity contribution is 0.102. The van der Waals surface area contributed by atoms with Crippen LogP contribution in [0.5, 0.6) is 0 Å². The molecule has 1 N–H and O–H groups in total. The Hall–Kier alpha value is -1.55. The molecular formula is C15H16BrNO2. The maximum atomic E-state index is 12.1. The fourth-order valence-electron chi connectivity index (χ4n) is 1.92. The van der Waals surface area contributed by atoms with Gasteiger partial charge in [0.2, 0.25) is 0 Å². The quantitative estimate of drug-likeness (QED) is 0.862. The number of hydrogen-bond acceptors (Lipinski definition) is 2. The first-order chi connectivity index (χ1) is 9.10. The highest BCUT2D eigenvalue weighted by molar-refractivity contribution is 9.09. The number of anilines is 1. The molecule has 100 valence electrons. The first-order valence-electron chi connectivity index (χ1n) is 6.13. The van der Waals surface area contributed by atoms with Gasteiger partial charge < -0.3 is 9.73 Å². The summed E-state index contributed by atoms with van der Waals surface area (Å²) in [5.74, 6) is 1.25. The van der Waals surface area contributed by atoms with E-state index in [0.29, 0.717) is 11.3 Å². The second-order valence-electron chi connectivity index (χ2n) is 4.42. The number of rotatable bonds is 4. The van der Waals surface area contributed by atoms with Crippen LogP contribution in [-0.4, -0.2) is 11.2 Å². The van der Waals surface area contributed by atoms with Gasteiger partial charge in [0.15, 0.2) is 0 Å². The molecule has 3 nitrogen and oxygen atoms in total. The Bertz CT molecular complexity index is 572. The van der Waals surface area contributed by atoms with Crippen molar-refractivity contribution in [3.05, 3.63) is 53.0 Å². The Morgan fingerprint density at radius 1 is 1.26 bits per heavy atom. The molecule has 2 aromatic rings. The Kier molecular flexibility index (Phi) is 4.43. The highest BCUT2D eigenvalue weighted by atomic mass is 79.9. The second-order valence-corrected chi connectivity index (χ2v) is 5.21. The van der Waals surface area contributed by atoms with E-state index in [1.165, 1.54) is 5.56 Å². The van der Waals surface area contributed by atoms with Gasteiger partial charge in [-0.2, -0.15) is 0 Å². The molecule has 0 atom stereocenters. The van der Waals surface area contributed by atoms with Crippen LogP contribution in [0.3, 0.4) is 0 Å². The molecule has 0 bridgehead atoms. The summed E-state index contributed by atoms with van der Waals surface area (Å²) in [6.45, 7) is 3.62. The molecule has 0 aliphatic heterocycles. The van der Waals surface area contributed by atoms with Gasteiger partial charge in [0.05, 0.1) is 5.56 Å². The third-order valence-electron chi connectivity index (χ3n) is 2.88. The molecule has 0 aliphatic carbocycles. The molecule has 1 aromatic carbocycles. The van der Waals surface area contributed by atoms with Crippen molar-refractivity contribution in [1.82, 2.24) is 0 Å². The zero-order valence-corrected chi connectivity index (χ0v) is 12.6. The normalized spacial score (nSPS) is 10.5. The zero-order chi connectivity index (χ0) is 13.8. The molecular weight excluding hydrogens is 306 g/mol. The highest BCUT2D eigenvalue weighted by Gasteiger charge is 2.13. The minimum absolute atomic E-state index is 0.136. The number of nitrogens with one attached hydrogen (secondary N) is 1. The van der Waals surface area contributed by atoms with E-state index in [0.717, 1.165) is 23.2 Å². The molecule has 0 spiro atoms. The van der Waals surface area contributed by atoms with Crippen molar-refractivity contribution in [2.45, 2.75) is 20.3 Å². The van der Waals surface area contributed by atoms with Gasteiger partial charge in [0.1, 0.15) is 11.5 Å². The van der Waals surface area contributed by atoms with Gasteiger partial charge >= 0.3 is 0 Å². The summed E-state index contributed by atoms with van der Waals surface area (Å²) >= 11 is 3.41. The molecule has 0 fully saturated rings. The van der Waals surface area contributed by atoms with Gasteiger partial charge in [0.25, 0.3) is 5.91 Å². The SMILES string of the molecule is Cc1cc(C(=O)Nc2ccc(CCBr)cc2)c(C)o1. The number of furan rings is 1. The smallest absolute Gasteiger partial charge is 0.259 e. The summed E-state index contributed by atoms with van der Waals surface area (Å²) in [5, 5.41) is 3.81. The molecule has 0 saturated carbocycles. The van der Waals surface area contributed by atoms with Gasteiger partial charge in [-0.3, -0.25) is 4.79 Å². The lowest BCUT2D eigenvalue weighted by Crippen LogP contribution is -2.12. The molecule has 0 aliphatic rings. The molecule has 4 heteroatoms. The number of carbonyl (C=O) groups is 1. The number of alkyl halides is 1. The van der Waals surface area contributed by atoms with Crippen molar-refractivity contribution >= 4 is 27.5 Å². The van der Waals surface area contributed by atoms with Crippen LogP contribution in [0.25, 0.3) is 0 Å². The Morgan fingerprint density at radius 2 is 1.95 bits per heavy atom. The van der Waals surface area contributed by atoms with Crippen molar-refractivity contribution in [3.8, 4) is 0 Å². The number of halogens is 1. The predicted octanol–water partition coefficient (Wildman–Crippen LogP) is 4.09. The van der Waals surface area contributed by atoms with Crippen LogP contribution in [0.15, 0.2) is 34.7 Å². The number of hydrogen-bond donors (Lipinski definition) is 1. The fraction of sp³-hybridized carbons (Fsp3) is 0.267. The topological polar surface area (TPSA) is 42.2 Å². The molecule has 19 heavy (non-hydrogen) atoms. The standard InChI is InChI=1S/C15H16BrNO2/c1-10-9-14(11(2)19-10)15(18)17-13-5-3-12(4-6-13)7-8-16/h3-6,9H,7-8H2,1-2H3,(H,17,18). The number of carbonyl (C=O) groups excluding carboxylic acids is 1. The monoisotopic (exact) mass is 321 g/mol. The summed E-state index contributed by atoms with van der Waals surface area (Å²) < 4.78 is 5.36. The van der Waals surface area contributed by atoms with Crippen molar-refractivity contribution in [2.24, 2.45) is 0 Å². The first kappa shape index (κ1) is 13.9. The van der Waals surface area contributed by atoms with E-state index in [4.69, 9.17) is 4.42 Å². The van der Waals surface area contributed by atoms with E-state index in [1.807, 2.05) is 31.2 Å². The van der Waals surface area contributed by atoms with Crippen LogP contribution >= 0.6 is 15.9 Å². The molecule has 1 aromatic heterocycles. The van der Waals surface area contributed by atoms with Gasteiger partial charge in [-0.15, -0.1) is 0 Å². The lowest BCUT2D eigenvalue weighted by Gasteiger charge is -2.05. The van der Waals surface area contributed by atoms with Crippen molar-refractivity contribution in [2.75, 3.05) is 10.6 Å². The molecule has 1 heterocycles. The predicted molar refractivity (Wildman–Crippen MR) is 80.1 cm³/mol. The van der Waals surface area contributed by atoms with Gasteiger partial charge in [-0.05, 0) is 44.0 Å². The third kappa shape index (κ3) is 3.47. The first-order valence-corrected chi connectivity index (χ1v) is 7.25. The molecule has 0 unspecified atom stereocenters. The summed E-state index contributed by atoms with van der Waals surface area (Å²) in [4.78, 5) is 12.1. The third-order valence-corrected chi connectivity index (χ3v) is 3.28. The Labute approximate surface area is 121 Å². The van der Waals surface area contributed by atoms with E-state index in [1.54, 1.807) is 13.0 Å². The largest absolute Gasteiger partial charge is 0.466 e. The van der Waals surface area contributed by atoms with Crippen molar-refractivity contribution < 1.29 is 9.21 Å². The van der Waals surface area contributed by atoms with E-state index >= 15 is 0 Å². The average molecular weight is 322 g/mol. The zero-order valence-electron chi connectivity index (χ0n) is 11.0. The average Bonchev–Trinajstić information content (AvgIpc) is 2.71. The summed E-state index contributed by atoms with van der Waals surface area (Å²) in [6.07, 6.45) is 0.980. The van der Waals surface area contributed by atoms with E-state index in [9.17, 15) is 4.79 Å². The molecule has 0 radical (unpaired) electrons. The minimum atomic E-state index is -0.136. The van der Waals surface area contributed by atoms with Crippen LogP contribution in [0, 0.1) is 13.8 Å². The summed E-state index contributed by atoms with van der Waals surface area (Å²) in [5.41, 5.74) is 2.62. The van der Waals surface area contributed by atoms with Crippen LogP contribution in [-0.2, 0) is 6.42 Å². The van der Waals surface area contributed by atoms with Gasteiger partial charge in [-0.25, -0.2) is 0 Å². The van der Waals surface area contributed by atoms with Crippen LogP contribution in [0.2, 0.25) is 0 Å². The summed E-state index contributed by atoms with van der Waals surface area (Å²) in [6, 6.07) is 9.62. The van der Waals surface area contributed by atoms with E-state index < -0.39 is 0 Å². The minimum Gasteiger partial charge on any atom is -0.466 e. The Balaban J connectivity index is 2.08. The fourth-order valence-corrected chi connectivity index (χ4v) is 2.38. The van der Waals surface area contributed by atoms with Crippen LogP contribution < -0.4 is 5.32 Å². The second kappa shape index (κ2) is 6.06. The highest BCUT2D eigenvalue weighted by Crippen LogP contribution is 2.17. The van der Waals surface area contributed by atoms with Gasteiger partial charge in [-0.1, -0.05) is 28.1 Å². The molecule has 0 saturated heterocycles. The van der Waals surface area contributed by atoms with Crippen molar-refractivity contribution in [3.63, 3.8) is 0 Å². The number of aryl methyl sites for hydroxylation is 3. The summed E-state index contributed by atoms with van der Waals surface area (Å²) in [7, 11) is 0. The maximum absolute atomic E-state index is 12.1. The van der Waals surface area contributed by atoms with Gasteiger partial charge in [0, 0.05) is 11.0 Å². The molecule has 1 amide bonds. The Morgan fingerprint density at radius 3 is 2.47 bits per heavy atom. The van der Waals surface area contributed by atoms with Crippen molar-refractivity contribution in [1.29, 1.82) is 0 Å². The van der Waals surface area contributed by atoms with E-state index in [-0.39, 0.29) is 5.91 Å². The molecule has 2 rings (SSSR count). The van der Waals surface area contributed by atoms with E-state index in [2.05, 4.69) is 21.2 Å². The number of benzene rings is 1. The number of amides is 1. The van der Waals surface area contributed by atoms with Crippen LogP contribution in [0.4, 0.5) is 5.69 Å². The lowest BCUT2D eigenvalue weighted by atomic mass is 10.1.